The molecule has 1 amide bonds. The van der Waals surface area contributed by atoms with E-state index < -0.39 is 0 Å². The minimum absolute atomic E-state index is 0.0147. The third-order valence-electron chi connectivity index (χ3n) is 4.61. The highest BCUT2D eigenvalue weighted by Crippen LogP contribution is 2.25. The van der Waals surface area contributed by atoms with Gasteiger partial charge in [0.1, 0.15) is 6.04 Å². The maximum absolute atomic E-state index is 12.8. The molecule has 1 N–H and O–H groups in total. The van der Waals surface area contributed by atoms with Gasteiger partial charge >= 0.3 is 0 Å². The van der Waals surface area contributed by atoms with Crippen LogP contribution in [0.25, 0.3) is 0 Å². The second-order valence-corrected chi connectivity index (χ2v) is 7.50. The molecule has 0 bridgehead atoms. The van der Waals surface area contributed by atoms with E-state index in [0.717, 1.165) is 23.4 Å². The molecule has 4 nitrogen and oxygen atoms in total. The van der Waals surface area contributed by atoms with Gasteiger partial charge in [-0.15, -0.1) is 11.3 Å². The molecule has 2 aromatic heterocycles. The quantitative estimate of drug-likeness (QED) is 0.670. The maximum atomic E-state index is 12.8. The molecule has 0 radical (unpaired) electrons. The largest absolute Gasteiger partial charge is 0.353 e. The number of rotatable bonds is 7. The molecule has 0 saturated heterocycles. The lowest BCUT2D eigenvalue weighted by Crippen LogP contribution is -2.35. The van der Waals surface area contributed by atoms with Gasteiger partial charge in [-0.1, -0.05) is 43.3 Å². The summed E-state index contributed by atoms with van der Waals surface area (Å²) >= 11 is 1.69. The van der Waals surface area contributed by atoms with Crippen LogP contribution in [0.4, 0.5) is 0 Å². The SMILES string of the molecule is CC[C@H](C(=O)NC[C@@H](c1cccs1)n1nc(C)cc1C)c1ccccc1. The van der Waals surface area contributed by atoms with E-state index in [-0.39, 0.29) is 17.9 Å². The number of amides is 1. The van der Waals surface area contributed by atoms with Gasteiger partial charge in [-0.2, -0.15) is 5.10 Å². The summed E-state index contributed by atoms with van der Waals surface area (Å²) in [6.45, 7) is 6.64. The molecule has 136 valence electrons. The first-order valence-electron chi connectivity index (χ1n) is 8.99. The third-order valence-corrected chi connectivity index (χ3v) is 5.58. The van der Waals surface area contributed by atoms with Crippen LogP contribution in [0.1, 0.15) is 47.1 Å². The number of carbonyl (C=O) groups excluding carboxylic acids is 1. The standard InChI is InChI=1S/C21H25N3OS/c1-4-18(17-9-6-5-7-10-17)21(25)22-14-19(20-11-8-12-26-20)24-16(3)13-15(2)23-24/h5-13,18-19H,4,14H2,1-3H3,(H,22,25)/t18-,19-/m0/s1. The zero-order valence-electron chi connectivity index (χ0n) is 15.5. The van der Waals surface area contributed by atoms with Crippen LogP contribution < -0.4 is 5.32 Å². The molecule has 0 aliphatic carbocycles. The molecular formula is C21H25N3OS. The van der Waals surface area contributed by atoms with E-state index in [4.69, 9.17) is 0 Å². The maximum Gasteiger partial charge on any atom is 0.227 e. The van der Waals surface area contributed by atoms with Gasteiger partial charge in [-0.05, 0) is 43.3 Å². The molecule has 3 rings (SSSR count). The normalized spacial score (nSPS) is 13.3. The second-order valence-electron chi connectivity index (χ2n) is 6.52. The predicted octanol–water partition coefficient (Wildman–Crippen LogP) is 4.46. The average molecular weight is 368 g/mol. The fourth-order valence-electron chi connectivity index (χ4n) is 3.33. The van der Waals surface area contributed by atoms with E-state index in [1.807, 2.05) is 48.0 Å². The van der Waals surface area contributed by atoms with E-state index in [0.29, 0.717) is 6.54 Å². The lowest BCUT2D eigenvalue weighted by molar-refractivity contribution is -0.122. The predicted molar refractivity (Wildman–Crippen MR) is 107 cm³/mol. The van der Waals surface area contributed by atoms with E-state index in [9.17, 15) is 4.79 Å². The van der Waals surface area contributed by atoms with Crippen molar-refractivity contribution in [3.05, 3.63) is 75.7 Å². The summed E-state index contributed by atoms with van der Waals surface area (Å²) in [6.07, 6.45) is 0.777. The Labute approximate surface area is 158 Å². The molecule has 0 fully saturated rings. The number of nitrogens with zero attached hydrogens (tertiary/aromatic N) is 2. The van der Waals surface area contributed by atoms with Crippen molar-refractivity contribution in [1.29, 1.82) is 0 Å². The van der Waals surface area contributed by atoms with Gasteiger partial charge in [0.25, 0.3) is 0 Å². The number of benzene rings is 1. The fraction of sp³-hybridized carbons (Fsp3) is 0.333. The van der Waals surface area contributed by atoms with Crippen molar-refractivity contribution in [3.63, 3.8) is 0 Å². The molecule has 1 aromatic carbocycles. The van der Waals surface area contributed by atoms with Crippen LogP contribution in [0.15, 0.2) is 53.9 Å². The monoisotopic (exact) mass is 367 g/mol. The molecule has 26 heavy (non-hydrogen) atoms. The first kappa shape index (κ1) is 18.4. The Morgan fingerprint density at radius 2 is 1.96 bits per heavy atom. The molecule has 0 aliphatic rings. The van der Waals surface area contributed by atoms with Crippen LogP contribution in [-0.2, 0) is 4.79 Å². The molecule has 0 saturated carbocycles. The fourth-order valence-corrected chi connectivity index (χ4v) is 4.14. The Morgan fingerprint density at radius 1 is 1.19 bits per heavy atom. The number of hydrogen-bond acceptors (Lipinski definition) is 3. The molecular weight excluding hydrogens is 342 g/mol. The van der Waals surface area contributed by atoms with Gasteiger partial charge in [0.2, 0.25) is 5.91 Å². The highest BCUT2D eigenvalue weighted by molar-refractivity contribution is 7.10. The molecule has 0 unspecified atom stereocenters. The summed E-state index contributed by atoms with van der Waals surface area (Å²) in [5, 5.41) is 9.87. The minimum Gasteiger partial charge on any atom is -0.353 e. The summed E-state index contributed by atoms with van der Waals surface area (Å²) < 4.78 is 2.02. The van der Waals surface area contributed by atoms with Crippen molar-refractivity contribution in [1.82, 2.24) is 15.1 Å². The second kappa shape index (κ2) is 8.32. The first-order chi connectivity index (χ1) is 12.6. The topological polar surface area (TPSA) is 46.9 Å². The number of carbonyl (C=O) groups is 1. The lowest BCUT2D eigenvalue weighted by atomic mass is 9.95. The van der Waals surface area contributed by atoms with Crippen molar-refractivity contribution >= 4 is 17.2 Å². The van der Waals surface area contributed by atoms with Gasteiger partial charge in [-0.3, -0.25) is 9.48 Å². The molecule has 0 aliphatic heterocycles. The van der Waals surface area contributed by atoms with Crippen molar-refractivity contribution in [2.75, 3.05) is 6.54 Å². The van der Waals surface area contributed by atoms with Crippen LogP contribution in [0.3, 0.4) is 0 Å². The highest BCUT2D eigenvalue weighted by atomic mass is 32.1. The highest BCUT2D eigenvalue weighted by Gasteiger charge is 2.22. The van der Waals surface area contributed by atoms with Crippen LogP contribution in [-0.4, -0.2) is 22.2 Å². The number of hydrogen-bond donors (Lipinski definition) is 1. The van der Waals surface area contributed by atoms with Gasteiger partial charge in [-0.25, -0.2) is 0 Å². The Balaban J connectivity index is 1.78. The van der Waals surface area contributed by atoms with E-state index in [2.05, 4.69) is 41.8 Å². The number of nitrogens with one attached hydrogen (secondary N) is 1. The van der Waals surface area contributed by atoms with E-state index in [1.165, 1.54) is 4.88 Å². The van der Waals surface area contributed by atoms with Gasteiger partial charge in [0.05, 0.1) is 11.6 Å². The minimum atomic E-state index is -0.124. The number of aromatic nitrogens is 2. The Bertz CT molecular complexity index is 840. The third kappa shape index (κ3) is 4.05. The molecule has 5 heteroatoms. The zero-order chi connectivity index (χ0) is 18.5. The molecule has 2 atom stereocenters. The van der Waals surface area contributed by atoms with Gasteiger partial charge < -0.3 is 5.32 Å². The molecule has 2 heterocycles. The van der Waals surface area contributed by atoms with Gasteiger partial charge in [0, 0.05) is 17.1 Å². The molecule has 0 spiro atoms. The van der Waals surface area contributed by atoms with Crippen LogP contribution >= 0.6 is 11.3 Å². The Hall–Kier alpha value is -2.40. The van der Waals surface area contributed by atoms with Crippen molar-refractivity contribution < 1.29 is 4.79 Å². The smallest absolute Gasteiger partial charge is 0.227 e. The van der Waals surface area contributed by atoms with Crippen LogP contribution in [0.5, 0.6) is 0 Å². The Kier molecular flexibility index (Phi) is 5.89. The van der Waals surface area contributed by atoms with Crippen LogP contribution in [0, 0.1) is 13.8 Å². The zero-order valence-corrected chi connectivity index (χ0v) is 16.3. The summed E-state index contributed by atoms with van der Waals surface area (Å²) in [4.78, 5) is 14.0. The number of thiophene rings is 1. The van der Waals surface area contributed by atoms with Crippen molar-refractivity contribution in [3.8, 4) is 0 Å². The van der Waals surface area contributed by atoms with Crippen molar-refractivity contribution in [2.45, 2.75) is 39.2 Å². The van der Waals surface area contributed by atoms with Gasteiger partial charge in [0.15, 0.2) is 0 Å². The van der Waals surface area contributed by atoms with Crippen LogP contribution in [0.2, 0.25) is 0 Å². The number of aryl methyl sites for hydroxylation is 2. The Morgan fingerprint density at radius 3 is 2.54 bits per heavy atom. The molecule has 3 aromatic rings. The summed E-state index contributed by atoms with van der Waals surface area (Å²) in [5.74, 6) is -0.0533. The summed E-state index contributed by atoms with van der Waals surface area (Å²) in [7, 11) is 0. The first-order valence-corrected chi connectivity index (χ1v) is 9.87. The lowest BCUT2D eigenvalue weighted by Gasteiger charge is -2.21. The summed E-state index contributed by atoms with van der Waals surface area (Å²) in [6, 6.07) is 16.2. The average Bonchev–Trinajstić information content (AvgIpc) is 3.27. The van der Waals surface area contributed by atoms with Crippen molar-refractivity contribution in [2.24, 2.45) is 0 Å². The summed E-state index contributed by atoms with van der Waals surface area (Å²) in [5.41, 5.74) is 3.16. The van der Waals surface area contributed by atoms with E-state index in [1.54, 1.807) is 11.3 Å². The van der Waals surface area contributed by atoms with E-state index >= 15 is 0 Å².